The number of hydrogen-bond donors (Lipinski definition) is 0. The van der Waals surface area contributed by atoms with Crippen LogP contribution in [0.4, 0.5) is 0 Å². The second kappa shape index (κ2) is 8.55. The zero-order chi connectivity index (χ0) is 17.4. The topological polar surface area (TPSA) is 86.7 Å². The molecular weight excluding hydrogens is 300 g/mol. The molecule has 0 aliphatic heterocycles. The quantitative estimate of drug-likeness (QED) is 0.635. The van der Waals surface area contributed by atoms with Crippen LogP contribution >= 0.6 is 0 Å². The Kier molecular flexibility index (Phi) is 6.76. The molecule has 0 spiro atoms. The van der Waals surface area contributed by atoms with E-state index in [0.29, 0.717) is 29.6 Å². The second-order valence-electron chi connectivity index (χ2n) is 4.52. The third kappa shape index (κ3) is 4.08. The molecule has 2 aromatic rings. The molecule has 0 aromatic heterocycles. The van der Waals surface area contributed by atoms with Gasteiger partial charge in [0.15, 0.2) is 18.9 Å². The van der Waals surface area contributed by atoms with Crippen molar-refractivity contribution in [3.05, 3.63) is 46.5 Å². The van der Waals surface area contributed by atoms with Crippen molar-refractivity contribution in [3.63, 3.8) is 0 Å². The highest BCUT2D eigenvalue weighted by molar-refractivity contribution is 6.06. The van der Waals surface area contributed by atoms with Gasteiger partial charge < -0.3 is 9.47 Å². The molecule has 120 valence electrons. The lowest BCUT2D eigenvalue weighted by atomic mass is 9.97. The lowest BCUT2D eigenvalue weighted by molar-refractivity contribution is 0.0598. The first kappa shape index (κ1) is 18.2. The molecule has 0 saturated carbocycles. The fourth-order valence-corrected chi connectivity index (χ4v) is 1.99. The summed E-state index contributed by atoms with van der Waals surface area (Å²) in [5, 5.41) is 1.16. The van der Waals surface area contributed by atoms with E-state index in [-0.39, 0.29) is 22.3 Å². The van der Waals surface area contributed by atoms with Crippen molar-refractivity contribution in [3.8, 4) is 0 Å². The molecule has 0 aliphatic rings. The van der Waals surface area contributed by atoms with Gasteiger partial charge in [-0.05, 0) is 35.0 Å². The summed E-state index contributed by atoms with van der Waals surface area (Å²) in [6.45, 7) is 0. The Morgan fingerprint density at radius 2 is 1.17 bits per heavy atom. The van der Waals surface area contributed by atoms with E-state index in [0.717, 1.165) is 0 Å². The first-order valence-corrected chi connectivity index (χ1v) is 6.52. The van der Waals surface area contributed by atoms with E-state index in [1.165, 1.54) is 31.4 Å². The molecule has 0 bridgehead atoms. The van der Waals surface area contributed by atoms with Gasteiger partial charge in [0.1, 0.15) is 0 Å². The minimum absolute atomic E-state index is 0.116. The molecule has 6 nitrogen and oxygen atoms in total. The fraction of sp³-hybridized carbons (Fsp3) is 0.176. The van der Waals surface area contributed by atoms with Crippen molar-refractivity contribution >= 4 is 35.6 Å². The van der Waals surface area contributed by atoms with E-state index in [1.807, 2.05) is 0 Å². The van der Waals surface area contributed by atoms with Crippen LogP contribution in [-0.2, 0) is 9.47 Å². The summed E-state index contributed by atoms with van der Waals surface area (Å²) < 4.78 is 8.86. The molecule has 0 unspecified atom stereocenters. The van der Waals surface area contributed by atoms with E-state index in [2.05, 4.69) is 9.47 Å². The van der Waals surface area contributed by atoms with Gasteiger partial charge >= 0.3 is 5.97 Å². The summed E-state index contributed by atoms with van der Waals surface area (Å²) in [5.74, 6) is -0.638. The van der Waals surface area contributed by atoms with Crippen LogP contribution in [-0.4, -0.2) is 46.2 Å². The molecule has 2 aromatic carbocycles. The first-order valence-electron chi connectivity index (χ1n) is 6.52. The normalized spacial score (nSPS) is 9.52. The molecule has 0 N–H and O–H groups in total. The number of carbonyl (C=O) groups is 4. The van der Waals surface area contributed by atoms with E-state index >= 15 is 0 Å². The van der Waals surface area contributed by atoms with Gasteiger partial charge in [0.25, 0.3) is 0 Å². The summed E-state index contributed by atoms with van der Waals surface area (Å²) in [5.41, 5.74) is 0.739. The number of ether oxygens (including phenoxy) is 2. The van der Waals surface area contributed by atoms with Gasteiger partial charge in [0, 0.05) is 30.9 Å². The Bertz CT molecular complexity index is 748. The first-order chi connectivity index (χ1) is 11.1. The Hall–Kier alpha value is -2.86. The number of benzene rings is 2. The number of esters is 1. The van der Waals surface area contributed by atoms with Crippen LogP contribution < -0.4 is 0 Å². The Labute approximate surface area is 133 Å². The zero-order valence-corrected chi connectivity index (χ0v) is 13.0. The van der Waals surface area contributed by atoms with E-state index in [9.17, 15) is 19.2 Å². The van der Waals surface area contributed by atoms with E-state index in [1.54, 1.807) is 14.2 Å². The highest BCUT2D eigenvalue weighted by Gasteiger charge is 2.14. The monoisotopic (exact) mass is 316 g/mol. The van der Waals surface area contributed by atoms with Crippen molar-refractivity contribution in [2.75, 3.05) is 21.3 Å². The number of aldehydes is 3. The third-order valence-electron chi connectivity index (χ3n) is 3.00. The number of rotatable bonds is 4. The standard InChI is InChI=1S/C15H10O5.C2H6O/c1-20-15(19)14-5-10-3-12(7-17)11(6-16)2-9(10)4-13(14)8-18;1-3-2/h2-8H,1H3;1-2H3. The molecule has 0 fully saturated rings. The van der Waals surface area contributed by atoms with Gasteiger partial charge in [-0.3, -0.25) is 14.4 Å². The van der Waals surface area contributed by atoms with Gasteiger partial charge in [0.05, 0.1) is 12.7 Å². The number of fused-ring (bicyclic) bond motifs is 1. The summed E-state index contributed by atoms with van der Waals surface area (Å²) >= 11 is 0. The van der Waals surface area contributed by atoms with E-state index in [4.69, 9.17) is 0 Å². The van der Waals surface area contributed by atoms with Crippen LogP contribution in [0.5, 0.6) is 0 Å². The van der Waals surface area contributed by atoms with Crippen molar-refractivity contribution in [1.29, 1.82) is 0 Å². The average Bonchev–Trinajstić information content (AvgIpc) is 2.59. The van der Waals surface area contributed by atoms with Crippen molar-refractivity contribution in [2.45, 2.75) is 0 Å². The molecule has 0 amide bonds. The van der Waals surface area contributed by atoms with Gasteiger partial charge in [-0.1, -0.05) is 0 Å². The highest BCUT2D eigenvalue weighted by Crippen LogP contribution is 2.23. The molecule has 0 radical (unpaired) electrons. The van der Waals surface area contributed by atoms with E-state index < -0.39 is 5.97 Å². The van der Waals surface area contributed by atoms with Crippen molar-refractivity contribution in [2.24, 2.45) is 0 Å². The van der Waals surface area contributed by atoms with Crippen LogP contribution in [0.1, 0.15) is 41.4 Å². The van der Waals surface area contributed by atoms with Crippen LogP contribution in [0.25, 0.3) is 10.8 Å². The lowest BCUT2D eigenvalue weighted by Gasteiger charge is -2.07. The number of carbonyl (C=O) groups excluding carboxylic acids is 4. The lowest BCUT2D eigenvalue weighted by Crippen LogP contribution is -2.05. The average molecular weight is 316 g/mol. The van der Waals surface area contributed by atoms with Crippen LogP contribution in [0.2, 0.25) is 0 Å². The SMILES string of the molecule is COC.COC(=O)c1cc2cc(C=O)c(C=O)cc2cc1C=O. The van der Waals surface area contributed by atoms with Gasteiger partial charge in [-0.2, -0.15) is 0 Å². The largest absolute Gasteiger partial charge is 0.465 e. The molecule has 23 heavy (non-hydrogen) atoms. The Morgan fingerprint density at radius 1 is 0.783 bits per heavy atom. The molecule has 2 rings (SSSR count). The molecule has 0 heterocycles. The van der Waals surface area contributed by atoms with Crippen LogP contribution in [0, 0.1) is 0 Å². The molecular formula is C17H16O6. The number of hydrogen-bond acceptors (Lipinski definition) is 6. The minimum atomic E-state index is -0.638. The van der Waals surface area contributed by atoms with Crippen LogP contribution in [0.3, 0.4) is 0 Å². The summed E-state index contributed by atoms with van der Waals surface area (Å²) in [6, 6.07) is 5.94. The number of methoxy groups -OCH3 is 2. The van der Waals surface area contributed by atoms with Crippen molar-refractivity contribution < 1.29 is 28.7 Å². The smallest absolute Gasteiger partial charge is 0.338 e. The van der Waals surface area contributed by atoms with Gasteiger partial charge in [-0.15, -0.1) is 0 Å². The fourth-order valence-electron chi connectivity index (χ4n) is 1.99. The molecule has 0 saturated heterocycles. The van der Waals surface area contributed by atoms with Crippen molar-refractivity contribution in [1.82, 2.24) is 0 Å². The van der Waals surface area contributed by atoms with Gasteiger partial charge in [-0.25, -0.2) is 4.79 Å². The minimum Gasteiger partial charge on any atom is -0.465 e. The maximum Gasteiger partial charge on any atom is 0.338 e. The summed E-state index contributed by atoms with van der Waals surface area (Å²) in [7, 11) is 4.47. The summed E-state index contributed by atoms with van der Waals surface area (Å²) in [4.78, 5) is 44.5. The third-order valence-corrected chi connectivity index (χ3v) is 3.00. The maximum absolute atomic E-state index is 11.6. The molecule has 6 heteroatoms. The van der Waals surface area contributed by atoms with Crippen LogP contribution in [0.15, 0.2) is 24.3 Å². The zero-order valence-electron chi connectivity index (χ0n) is 13.0. The Balaban J connectivity index is 0.000000816. The Morgan fingerprint density at radius 3 is 1.57 bits per heavy atom. The highest BCUT2D eigenvalue weighted by atomic mass is 16.5. The summed E-state index contributed by atoms with van der Waals surface area (Å²) in [6.07, 6.45) is 1.67. The maximum atomic E-state index is 11.6. The predicted molar refractivity (Wildman–Crippen MR) is 84.4 cm³/mol. The second-order valence-corrected chi connectivity index (χ2v) is 4.52. The van der Waals surface area contributed by atoms with Gasteiger partial charge in [0.2, 0.25) is 0 Å². The molecule has 0 atom stereocenters. The predicted octanol–water partition coefficient (Wildman–Crippen LogP) is 2.33. The molecule has 0 aliphatic carbocycles.